The van der Waals surface area contributed by atoms with Crippen LogP contribution in [-0.2, 0) is 15.1 Å². The smallest absolute Gasteiger partial charge is 0.248 e. The quantitative estimate of drug-likeness (QED) is 0.571. The lowest BCUT2D eigenvalue weighted by molar-refractivity contribution is -0.139. The van der Waals surface area contributed by atoms with Gasteiger partial charge in [0, 0.05) is 31.9 Å². The molecule has 32 heavy (non-hydrogen) atoms. The van der Waals surface area contributed by atoms with Gasteiger partial charge >= 0.3 is 0 Å². The van der Waals surface area contributed by atoms with Gasteiger partial charge in [-0.2, -0.15) is 10.5 Å². The van der Waals surface area contributed by atoms with Gasteiger partial charge in [0.1, 0.15) is 18.5 Å². The second kappa shape index (κ2) is 10.3. The Hall–Kier alpha value is -3.42. The van der Waals surface area contributed by atoms with E-state index in [-0.39, 0.29) is 18.6 Å². The molecule has 0 aliphatic heterocycles. The molecule has 0 bridgehead atoms. The molecule has 1 saturated carbocycles. The molecule has 1 unspecified atom stereocenters. The van der Waals surface area contributed by atoms with Crippen molar-refractivity contribution in [3.05, 3.63) is 59.3 Å². The molecule has 3 rings (SSSR count). The Balaban J connectivity index is 1.61. The first-order valence-electron chi connectivity index (χ1n) is 11.0. The molecule has 1 aliphatic carbocycles. The maximum absolute atomic E-state index is 12.9. The van der Waals surface area contributed by atoms with Crippen molar-refractivity contribution in [2.75, 3.05) is 31.1 Å². The van der Waals surface area contributed by atoms with E-state index >= 15 is 0 Å². The number of carbonyl (C=O) groups is 1. The zero-order chi connectivity index (χ0) is 23.1. The number of ether oxygens (including phenoxy) is 1. The van der Waals surface area contributed by atoms with Crippen molar-refractivity contribution in [3.8, 4) is 12.1 Å². The molecule has 1 aromatic heterocycles. The van der Waals surface area contributed by atoms with Crippen molar-refractivity contribution in [2.24, 2.45) is 0 Å². The molecule has 1 heterocycles. The Kier molecular flexibility index (Phi) is 7.45. The second-order valence-corrected chi connectivity index (χ2v) is 8.06. The van der Waals surface area contributed by atoms with Crippen molar-refractivity contribution in [1.29, 1.82) is 10.5 Å². The van der Waals surface area contributed by atoms with Crippen LogP contribution >= 0.6 is 0 Å². The zero-order valence-electron chi connectivity index (χ0n) is 18.9. The summed E-state index contributed by atoms with van der Waals surface area (Å²) < 4.78 is 6.09. The van der Waals surface area contributed by atoms with Gasteiger partial charge in [0.05, 0.1) is 22.8 Å². The highest BCUT2D eigenvalue weighted by molar-refractivity contribution is 5.77. The molecule has 166 valence electrons. The Morgan fingerprint density at radius 2 is 1.91 bits per heavy atom. The van der Waals surface area contributed by atoms with Gasteiger partial charge in [-0.25, -0.2) is 4.98 Å². The normalized spacial score (nSPS) is 14.7. The first kappa shape index (κ1) is 23.2. The van der Waals surface area contributed by atoms with Gasteiger partial charge in [0.25, 0.3) is 0 Å². The third-order valence-corrected chi connectivity index (χ3v) is 5.96. The van der Waals surface area contributed by atoms with Crippen LogP contribution < -0.4 is 4.90 Å². The van der Waals surface area contributed by atoms with E-state index in [1.54, 1.807) is 23.2 Å². The Morgan fingerprint density at radius 1 is 1.16 bits per heavy atom. The number of anilines is 1. The van der Waals surface area contributed by atoms with Crippen LogP contribution in [0.3, 0.4) is 0 Å². The van der Waals surface area contributed by atoms with Crippen LogP contribution in [0.4, 0.5) is 5.82 Å². The van der Waals surface area contributed by atoms with Crippen LogP contribution in [0, 0.1) is 22.7 Å². The van der Waals surface area contributed by atoms with E-state index in [1.807, 2.05) is 38.1 Å². The molecular formula is C25H29N5O2. The fourth-order valence-corrected chi connectivity index (χ4v) is 3.94. The maximum Gasteiger partial charge on any atom is 0.248 e. The van der Waals surface area contributed by atoms with Crippen LogP contribution in [0.2, 0.25) is 0 Å². The SMILES string of the molecule is CCN(CC(C)N(CC)c1ccc(C#N)cn1)C(=O)COC1(c2cccc(C#N)c2)CC1. The Labute approximate surface area is 189 Å². The number of nitrogens with zero attached hydrogens (tertiary/aromatic N) is 5. The summed E-state index contributed by atoms with van der Waals surface area (Å²) in [6, 6.07) is 15.3. The van der Waals surface area contributed by atoms with Crippen molar-refractivity contribution >= 4 is 11.7 Å². The molecule has 1 fully saturated rings. The predicted molar refractivity (Wildman–Crippen MR) is 122 cm³/mol. The molecule has 0 radical (unpaired) electrons. The lowest BCUT2D eigenvalue weighted by Crippen LogP contribution is -2.46. The summed E-state index contributed by atoms with van der Waals surface area (Å²) in [5.41, 5.74) is 1.64. The summed E-state index contributed by atoms with van der Waals surface area (Å²) >= 11 is 0. The summed E-state index contributed by atoms with van der Waals surface area (Å²) in [5, 5.41) is 18.1. The Morgan fingerprint density at radius 3 is 2.47 bits per heavy atom. The lowest BCUT2D eigenvalue weighted by Gasteiger charge is -2.33. The number of likely N-dealkylation sites (N-methyl/N-ethyl adjacent to an activating group) is 2. The van der Waals surface area contributed by atoms with Gasteiger partial charge in [-0.3, -0.25) is 4.79 Å². The highest BCUT2D eigenvalue weighted by Crippen LogP contribution is 2.49. The molecule has 7 nitrogen and oxygen atoms in total. The minimum atomic E-state index is -0.449. The number of carbonyl (C=O) groups excluding carboxylic acids is 1. The molecule has 2 aromatic rings. The first-order valence-corrected chi connectivity index (χ1v) is 11.0. The number of hydrogen-bond donors (Lipinski definition) is 0. The van der Waals surface area contributed by atoms with E-state index in [9.17, 15) is 4.79 Å². The third-order valence-electron chi connectivity index (χ3n) is 5.96. The maximum atomic E-state index is 12.9. The molecule has 1 aliphatic rings. The third kappa shape index (κ3) is 5.25. The Bertz CT molecular complexity index is 1020. The van der Waals surface area contributed by atoms with Crippen LogP contribution in [0.15, 0.2) is 42.6 Å². The van der Waals surface area contributed by atoms with Gasteiger partial charge in [0.15, 0.2) is 0 Å². The minimum Gasteiger partial charge on any atom is -0.360 e. The van der Waals surface area contributed by atoms with Gasteiger partial charge in [0.2, 0.25) is 5.91 Å². The molecule has 0 spiro atoms. The van der Waals surface area contributed by atoms with Gasteiger partial charge in [-0.15, -0.1) is 0 Å². The molecule has 7 heteroatoms. The van der Waals surface area contributed by atoms with Crippen LogP contribution in [0.25, 0.3) is 0 Å². The van der Waals surface area contributed by atoms with Gasteiger partial charge < -0.3 is 14.5 Å². The zero-order valence-corrected chi connectivity index (χ0v) is 18.9. The summed E-state index contributed by atoms with van der Waals surface area (Å²) in [5.74, 6) is 0.735. The van der Waals surface area contributed by atoms with E-state index in [0.717, 1.165) is 30.8 Å². The van der Waals surface area contributed by atoms with E-state index in [2.05, 4.69) is 28.9 Å². The van der Waals surface area contributed by atoms with Crippen LogP contribution in [0.5, 0.6) is 0 Å². The molecule has 1 atom stereocenters. The standard InChI is InChI=1S/C25H29N5O2/c1-4-29(17-19(3)30(5-2)23-10-9-21(15-27)16-28-23)24(31)18-32-25(11-12-25)22-8-6-7-20(13-22)14-26/h6-10,13,16,19H,4-5,11-12,17-18H2,1-3H3. The van der Waals surface area contributed by atoms with Crippen molar-refractivity contribution < 1.29 is 9.53 Å². The van der Waals surface area contributed by atoms with Gasteiger partial charge in [-0.1, -0.05) is 12.1 Å². The highest BCUT2D eigenvalue weighted by atomic mass is 16.5. The van der Waals surface area contributed by atoms with Crippen molar-refractivity contribution in [1.82, 2.24) is 9.88 Å². The number of pyridine rings is 1. The highest BCUT2D eigenvalue weighted by Gasteiger charge is 2.46. The minimum absolute atomic E-state index is 0.0125. The summed E-state index contributed by atoms with van der Waals surface area (Å²) in [6.45, 7) is 7.95. The number of aromatic nitrogens is 1. The number of hydrogen-bond acceptors (Lipinski definition) is 6. The van der Waals surface area contributed by atoms with E-state index in [0.29, 0.717) is 24.2 Å². The van der Waals surface area contributed by atoms with Crippen LogP contribution in [0.1, 0.15) is 50.3 Å². The fraction of sp³-hybridized carbons (Fsp3) is 0.440. The summed E-state index contributed by atoms with van der Waals surface area (Å²) in [4.78, 5) is 21.3. The predicted octanol–water partition coefficient (Wildman–Crippen LogP) is 3.59. The van der Waals surface area contributed by atoms with E-state index in [1.165, 1.54) is 0 Å². The number of nitriles is 2. The average molecular weight is 432 g/mol. The summed E-state index contributed by atoms with van der Waals surface area (Å²) in [6.07, 6.45) is 3.27. The first-order chi connectivity index (χ1) is 15.5. The van der Waals surface area contributed by atoms with Crippen molar-refractivity contribution in [3.63, 3.8) is 0 Å². The monoisotopic (exact) mass is 431 g/mol. The molecule has 0 saturated heterocycles. The van der Waals surface area contributed by atoms with E-state index in [4.69, 9.17) is 15.3 Å². The van der Waals surface area contributed by atoms with Gasteiger partial charge in [-0.05, 0) is 63.4 Å². The molecule has 1 aromatic carbocycles. The largest absolute Gasteiger partial charge is 0.360 e. The fourth-order valence-electron chi connectivity index (χ4n) is 3.94. The molecular weight excluding hydrogens is 402 g/mol. The van der Waals surface area contributed by atoms with Crippen LogP contribution in [-0.4, -0.2) is 48.1 Å². The van der Waals surface area contributed by atoms with Crippen molar-refractivity contribution in [2.45, 2.75) is 45.3 Å². The second-order valence-electron chi connectivity index (χ2n) is 8.06. The molecule has 1 amide bonds. The number of amides is 1. The number of rotatable bonds is 10. The average Bonchev–Trinajstić information content (AvgIpc) is 3.63. The topological polar surface area (TPSA) is 93.2 Å². The van der Waals surface area contributed by atoms with E-state index < -0.39 is 5.60 Å². The lowest BCUT2D eigenvalue weighted by atomic mass is 10.0. The molecule has 0 N–H and O–H groups in total. The summed E-state index contributed by atoms with van der Waals surface area (Å²) in [7, 11) is 0. The number of benzene rings is 1.